The van der Waals surface area contributed by atoms with Crippen LogP contribution in [0.2, 0.25) is 0 Å². The summed E-state index contributed by atoms with van der Waals surface area (Å²) in [5.74, 6) is -0.245. The molecule has 1 heterocycles. The molecule has 112 valence electrons. The third kappa shape index (κ3) is 1.64. The van der Waals surface area contributed by atoms with Crippen LogP contribution in [0.1, 0.15) is 31.8 Å². The van der Waals surface area contributed by atoms with Crippen LogP contribution in [-0.2, 0) is 0 Å². The maximum Gasteiger partial charge on any atom is 0.196 e. The summed E-state index contributed by atoms with van der Waals surface area (Å²) >= 11 is 0. The zero-order valence-corrected chi connectivity index (χ0v) is 12.6. The number of aromatic nitrogens is 1. The van der Waals surface area contributed by atoms with Gasteiger partial charge in [-0.3, -0.25) is 9.59 Å². The van der Waals surface area contributed by atoms with Crippen LogP contribution >= 0.6 is 0 Å². The molecule has 0 fully saturated rings. The average Bonchev–Trinajstić information content (AvgIpc) is 2.63. The lowest BCUT2D eigenvalue weighted by molar-refractivity contribution is 0.0980. The van der Waals surface area contributed by atoms with E-state index in [1.54, 1.807) is 30.3 Å². The van der Waals surface area contributed by atoms with Gasteiger partial charge in [0, 0.05) is 27.5 Å². The van der Waals surface area contributed by atoms with E-state index < -0.39 is 0 Å². The zero-order chi connectivity index (χ0) is 16.3. The first-order chi connectivity index (χ1) is 11.7. The van der Waals surface area contributed by atoms with Gasteiger partial charge in [-0.05, 0) is 18.2 Å². The van der Waals surface area contributed by atoms with Crippen LogP contribution in [-0.4, -0.2) is 16.6 Å². The molecule has 0 amide bonds. The zero-order valence-electron chi connectivity index (χ0n) is 12.6. The summed E-state index contributed by atoms with van der Waals surface area (Å²) in [5, 5.41) is 1.88. The smallest absolute Gasteiger partial charge is 0.196 e. The number of hydrogen-bond donors (Lipinski definition) is 0. The largest absolute Gasteiger partial charge is 0.289 e. The molecule has 0 saturated heterocycles. The molecule has 1 aromatic heterocycles. The van der Waals surface area contributed by atoms with Gasteiger partial charge in [-0.1, -0.05) is 48.5 Å². The normalized spacial score (nSPS) is 13.2. The van der Waals surface area contributed by atoms with E-state index in [1.807, 2.05) is 36.4 Å². The predicted molar refractivity (Wildman–Crippen MR) is 92.6 cm³/mol. The number of fused-ring (bicyclic) bond motifs is 5. The predicted octanol–water partition coefficient (Wildman–Crippen LogP) is 4.16. The highest BCUT2D eigenvalue weighted by Gasteiger charge is 2.31. The molecular weight excluding hydrogens is 298 g/mol. The van der Waals surface area contributed by atoms with Crippen molar-refractivity contribution in [2.75, 3.05) is 0 Å². The van der Waals surface area contributed by atoms with Gasteiger partial charge < -0.3 is 0 Å². The minimum atomic E-state index is -0.131. The second-order valence-electron chi connectivity index (χ2n) is 5.94. The molecule has 0 unspecified atom stereocenters. The Morgan fingerprint density at radius 1 is 0.625 bits per heavy atom. The Kier molecular flexibility index (Phi) is 2.51. The fraction of sp³-hybridized carbons (Fsp3) is 0. The van der Waals surface area contributed by atoms with Crippen molar-refractivity contribution in [3.63, 3.8) is 0 Å². The van der Waals surface area contributed by atoms with Gasteiger partial charge in [0.2, 0.25) is 0 Å². The number of carbonyl (C=O) groups is 2. The standard InChI is InChI=1S/C21H11NO2/c23-20-14-6-2-3-7-15(14)21(24)18-16(20)10-9-13-11-12-5-1-4-8-17(12)22-19(13)18/h1-11H. The van der Waals surface area contributed by atoms with E-state index in [0.29, 0.717) is 27.8 Å². The van der Waals surface area contributed by atoms with E-state index in [0.717, 1.165) is 16.3 Å². The van der Waals surface area contributed by atoms with Crippen molar-refractivity contribution in [1.82, 2.24) is 4.98 Å². The lowest BCUT2D eigenvalue weighted by Crippen LogP contribution is -2.21. The third-order valence-corrected chi connectivity index (χ3v) is 4.58. The van der Waals surface area contributed by atoms with Crippen LogP contribution in [0.4, 0.5) is 0 Å². The summed E-state index contributed by atoms with van der Waals surface area (Å²) in [6.45, 7) is 0. The van der Waals surface area contributed by atoms with E-state index in [4.69, 9.17) is 0 Å². The van der Waals surface area contributed by atoms with Crippen LogP contribution in [0.25, 0.3) is 21.8 Å². The highest BCUT2D eigenvalue weighted by atomic mass is 16.1. The van der Waals surface area contributed by atoms with Gasteiger partial charge >= 0.3 is 0 Å². The van der Waals surface area contributed by atoms with Gasteiger partial charge in [0.25, 0.3) is 0 Å². The van der Waals surface area contributed by atoms with Gasteiger partial charge in [-0.2, -0.15) is 0 Å². The second-order valence-corrected chi connectivity index (χ2v) is 5.94. The quantitative estimate of drug-likeness (QED) is 0.403. The van der Waals surface area contributed by atoms with Crippen molar-refractivity contribution in [2.24, 2.45) is 0 Å². The topological polar surface area (TPSA) is 47.0 Å². The molecule has 3 aromatic carbocycles. The number of para-hydroxylation sites is 1. The Balaban J connectivity index is 1.91. The molecule has 24 heavy (non-hydrogen) atoms. The molecule has 0 radical (unpaired) electrons. The van der Waals surface area contributed by atoms with E-state index in [9.17, 15) is 9.59 Å². The Bertz CT molecular complexity index is 1190. The van der Waals surface area contributed by atoms with Crippen molar-refractivity contribution < 1.29 is 9.59 Å². The molecule has 3 nitrogen and oxygen atoms in total. The Labute approximate surface area is 137 Å². The number of carbonyl (C=O) groups excluding carboxylic acids is 2. The highest BCUT2D eigenvalue weighted by molar-refractivity contribution is 6.31. The van der Waals surface area contributed by atoms with Crippen LogP contribution in [0.3, 0.4) is 0 Å². The minimum absolute atomic E-state index is 0.114. The first-order valence-electron chi connectivity index (χ1n) is 7.75. The van der Waals surface area contributed by atoms with E-state index in [2.05, 4.69) is 4.98 Å². The second kappa shape index (κ2) is 4.59. The lowest BCUT2D eigenvalue weighted by atomic mass is 9.83. The summed E-state index contributed by atoms with van der Waals surface area (Å²) < 4.78 is 0. The molecule has 4 aromatic rings. The van der Waals surface area contributed by atoms with Gasteiger partial charge in [0.1, 0.15) is 0 Å². The van der Waals surface area contributed by atoms with E-state index in [-0.39, 0.29) is 11.6 Å². The fourth-order valence-electron chi connectivity index (χ4n) is 3.42. The summed E-state index contributed by atoms with van der Waals surface area (Å²) in [4.78, 5) is 30.5. The highest BCUT2D eigenvalue weighted by Crippen LogP contribution is 2.32. The summed E-state index contributed by atoms with van der Waals surface area (Å²) in [6, 6.07) is 20.4. The van der Waals surface area contributed by atoms with Crippen molar-refractivity contribution in [3.8, 4) is 0 Å². The van der Waals surface area contributed by atoms with Crippen molar-refractivity contribution in [3.05, 3.63) is 89.0 Å². The molecule has 0 aliphatic heterocycles. The molecule has 0 bridgehead atoms. The van der Waals surface area contributed by atoms with Crippen LogP contribution < -0.4 is 0 Å². The summed E-state index contributed by atoms with van der Waals surface area (Å²) in [7, 11) is 0. The van der Waals surface area contributed by atoms with Crippen molar-refractivity contribution in [2.45, 2.75) is 0 Å². The SMILES string of the molecule is O=C1c2ccccc2C(=O)c2c1ccc1cc3ccccc3nc21. The number of rotatable bonds is 0. The Hall–Kier alpha value is -3.33. The molecule has 5 rings (SSSR count). The summed E-state index contributed by atoms with van der Waals surface area (Å²) in [6.07, 6.45) is 0. The molecule has 1 aliphatic carbocycles. The van der Waals surface area contributed by atoms with E-state index >= 15 is 0 Å². The van der Waals surface area contributed by atoms with Crippen LogP contribution in [0.15, 0.2) is 66.7 Å². The van der Waals surface area contributed by atoms with Gasteiger partial charge in [-0.25, -0.2) is 4.98 Å². The molecule has 0 N–H and O–H groups in total. The van der Waals surface area contributed by atoms with Crippen molar-refractivity contribution >= 4 is 33.4 Å². The average molecular weight is 309 g/mol. The molecule has 3 heteroatoms. The molecule has 0 spiro atoms. The van der Waals surface area contributed by atoms with Gasteiger partial charge in [0.15, 0.2) is 11.6 Å². The molecule has 0 saturated carbocycles. The number of ketones is 2. The van der Waals surface area contributed by atoms with Crippen molar-refractivity contribution in [1.29, 1.82) is 0 Å². The Morgan fingerprint density at radius 2 is 1.33 bits per heavy atom. The van der Waals surface area contributed by atoms with Crippen LogP contribution in [0.5, 0.6) is 0 Å². The molecular formula is C21H11NO2. The lowest BCUT2D eigenvalue weighted by Gasteiger charge is -2.18. The summed E-state index contributed by atoms with van der Waals surface area (Å²) in [5.41, 5.74) is 3.19. The maximum absolute atomic E-state index is 13.0. The molecule has 0 atom stereocenters. The van der Waals surface area contributed by atoms with Crippen LogP contribution in [0, 0.1) is 0 Å². The van der Waals surface area contributed by atoms with Gasteiger partial charge in [-0.15, -0.1) is 0 Å². The first kappa shape index (κ1) is 13.1. The minimum Gasteiger partial charge on any atom is -0.289 e. The van der Waals surface area contributed by atoms with Gasteiger partial charge in [0.05, 0.1) is 16.6 Å². The number of benzene rings is 3. The Morgan fingerprint density at radius 3 is 2.17 bits per heavy atom. The fourth-order valence-corrected chi connectivity index (χ4v) is 3.42. The number of pyridine rings is 1. The monoisotopic (exact) mass is 309 g/mol. The number of hydrogen-bond acceptors (Lipinski definition) is 3. The number of nitrogens with zero attached hydrogens (tertiary/aromatic N) is 1. The molecule has 1 aliphatic rings. The third-order valence-electron chi connectivity index (χ3n) is 4.58. The van der Waals surface area contributed by atoms with E-state index in [1.165, 1.54) is 0 Å². The first-order valence-corrected chi connectivity index (χ1v) is 7.75. The maximum atomic E-state index is 13.0.